The molecule has 432 valence electrons. The van der Waals surface area contributed by atoms with E-state index in [9.17, 15) is 86.7 Å². The van der Waals surface area contributed by atoms with Gasteiger partial charge in [-0.25, -0.2) is 14.4 Å². The number of azo groups is 2. The highest BCUT2D eigenvalue weighted by molar-refractivity contribution is 7.86. The van der Waals surface area contributed by atoms with Crippen LogP contribution in [0, 0.1) is 13.8 Å². The van der Waals surface area contributed by atoms with Gasteiger partial charge < -0.3 is 31.1 Å². The number of urea groups is 1. The molecular formula is C51H40N10O19S4. The molecule has 0 atom stereocenters. The van der Waals surface area contributed by atoms with Crippen LogP contribution in [0.1, 0.15) is 54.4 Å². The van der Waals surface area contributed by atoms with Gasteiger partial charge >= 0.3 is 18.0 Å². The van der Waals surface area contributed by atoms with Crippen molar-refractivity contribution in [1.29, 1.82) is 0 Å². The molecule has 2 heterocycles. The van der Waals surface area contributed by atoms with E-state index >= 15 is 0 Å². The number of carbonyl (C=O) groups excluding carboxylic acids is 1. The Bertz CT molecular complexity index is 4360. The predicted molar refractivity (Wildman–Crippen MR) is 298 cm³/mol. The molecule has 0 unspecified atom stereocenters. The average Bonchev–Trinajstić information content (AvgIpc) is 3.74. The van der Waals surface area contributed by atoms with Crippen molar-refractivity contribution in [1.82, 2.24) is 19.6 Å². The first-order valence-electron chi connectivity index (χ1n) is 23.4. The average molecular weight is 1230 g/mol. The molecule has 0 spiro atoms. The number of anilines is 2. The second kappa shape index (κ2) is 23.4. The van der Waals surface area contributed by atoms with Crippen LogP contribution in [0.25, 0.3) is 35.7 Å². The molecule has 6 aromatic carbocycles. The minimum atomic E-state index is -5.12. The highest BCUT2D eigenvalue weighted by Gasteiger charge is 2.25. The molecule has 0 bridgehead atoms. The van der Waals surface area contributed by atoms with Crippen molar-refractivity contribution in [2.24, 2.45) is 20.5 Å². The van der Waals surface area contributed by atoms with E-state index in [1.165, 1.54) is 74.5 Å². The number of carboxylic acids is 2. The minimum absolute atomic E-state index is 0.0516. The van der Waals surface area contributed by atoms with Crippen LogP contribution < -0.4 is 10.6 Å². The summed E-state index contributed by atoms with van der Waals surface area (Å²) in [5.41, 5.74) is -2.65. The lowest BCUT2D eigenvalue weighted by molar-refractivity contribution is 0.0687. The summed E-state index contributed by atoms with van der Waals surface area (Å²) in [5, 5.41) is 69.5. The first-order chi connectivity index (χ1) is 39.4. The summed E-state index contributed by atoms with van der Waals surface area (Å²) in [5.74, 6) is -3.90. The van der Waals surface area contributed by atoms with Crippen LogP contribution in [0.3, 0.4) is 0 Å². The number of nitrogens with one attached hydrogen (secondary N) is 2. The molecule has 10 N–H and O–H groups in total. The SMILES string of the molecule is Cc1nn(-c2ccc(C=Cc3ccc(NC(=O)Nc4ccc(/C=C/c5ccc(-n6nc(C)c(N=Nc7ccccc7C(=O)O)c6O)cc5S(=O)(=O)O)c(S(=O)(=O)O)c4)cc3S(=O)(=O)O)c(S(=O)(=O)O)c2)c(O)c1N=Nc1ccccc1C(=O)O. The molecule has 0 aliphatic carbocycles. The smallest absolute Gasteiger partial charge is 0.337 e. The van der Waals surface area contributed by atoms with E-state index in [-0.39, 0.29) is 90.3 Å². The molecule has 0 fully saturated rings. The van der Waals surface area contributed by atoms with Crippen molar-refractivity contribution in [2.45, 2.75) is 33.4 Å². The zero-order valence-corrected chi connectivity index (χ0v) is 45.9. The summed E-state index contributed by atoms with van der Waals surface area (Å²) in [4.78, 5) is 33.2. The third-order valence-corrected chi connectivity index (χ3v) is 15.5. The number of hydrogen-bond donors (Lipinski definition) is 10. The molecule has 0 saturated heterocycles. The number of rotatable bonds is 18. The minimum Gasteiger partial charge on any atom is -0.492 e. The topological polar surface area (TPSA) is 459 Å². The number of aromatic hydroxyl groups is 2. The van der Waals surface area contributed by atoms with Crippen molar-refractivity contribution in [2.75, 3.05) is 10.6 Å². The van der Waals surface area contributed by atoms with Crippen LogP contribution in [0.5, 0.6) is 11.8 Å². The highest BCUT2D eigenvalue weighted by Crippen LogP contribution is 2.38. The molecule has 8 rings (SSSR count). The van der Waals surface area contributed by atoms with E-state index in [4.69, 9.17) is 0 Å². The van der Waals surface area contributed by atoms with E-state index in [0.29, 0.717) is 0 Å². The number of aromatic nitrogens is 4. The quantitative estimate of drug-likeness (QED) is 0.0217. The van der Waals surface area contributed by atoms with Crippen LogP contribution in [-0.4, -0.2) is 110 Å². The lowest BCUT2D eigenvalue weighted by Crippen LogP contribution is -2.20. The Morgan fingerprint density at radius 3 is 1.08 bits per heavy atom. The van der Waals surface area contributed by atoms with Crippen molar-refractivity contribution in [3.63, 3.8) is 0 Å². The number of benzene rings is 6. The Hall–Kier alpha value is -10.1. The van der Waals surface area contributed by atoms with Gasteiger partial charge in [0.1, 0.15) is 31.0 Å². The van der Waals surface area contributed by atoms with Gasteiger partial charge in [0.25, 0.3) is 40.5 Å². The number of carbonyl (C=O) groups is 3. The highest BCUT2D eigenvalue weighted by atomic mass is 32.2. The third-order valence-electron chi connectivity index (χ3n) is 11.8. The molecule has 33 heteroatoms. The Morgan fingerprint density at radius 1 is 0.452 bits per heavy atom. The number of aromatic carboxylic acids is 2. The fourth-order valence-corrected chi connectivity index (χ4v) is 10.8. The summed E-state index contributed by atoms with van der Waals surface area (Å²) in [6, 6.07) is 22.8. The molecule has 0 aliphatic heterocycles. The van der Waals surface area contributed by atoms with Gasteiger partial charge in [0, 0.05) is 11.4 Å². The van der Waals surface area contributed by atoms with Crippen molar-refractivity contribution in [3.05, 3.63) is 166 Å². The fraction of sp³-hybridized carbons (Fsp3) is 0.0392. The third kappa shape index (κ3) is 13.4. The molecular weight excluding hydrogens is 1180 g/mol. The zero-order chi connectivity index (χ0) is 61.2. The fourth-order valence-electron chi connectivity index (χ4n) is 7.93. The Labute approximate surface area is 474 Å². The van der Waals surface area contributed by atoms with Gasteiger partial charge in [0.15, 0.2) is 11.4 Å². The number of carboxylic acid groups (broad SMARTS) is 2. The van der Waals surface area contributed by atoms with Gasteiger partial charge in [-0.2, -0.15) is 53.2 Å². The summed E-state index contributed by atoms with van der Waals surface area (Å²) in [7, 11) is -20.4. The normalized spacial score (nSPS) is 12.5. The summed E-state index contributed by atoms with van der Waals surface area (Å²) in [6.45, 7) is 2.83. The van der Waals surface area contributed by atoms with Crippen molar-refractivity contribution >= 4 is 117 Å². The standard InChI is InChI=1S/C51H40N10O19S4/c1-27-45(56-54-39-9-5-3-7-37(39)49(64)65)47(62)60(58-27)35-21-17-31(43(25-35)83(75,76)77)13-11-29-15-19-33(23-41(29)81(69,70)71)52-51(68)53-34-20-16-30(42(24-34)82(72,73)74)12-14-32-18-22-36(26-44(32)84(78,79)80)61-48(63)46(28(2)59-61)57-55-40-10-6-4-8-38(40)50(66)67/h3-26,62-63H,1-2H3,(H,64,65)(H,66,67)(H2,52,53,68)(H,69,70,71)(H,72,73,74)(H,75,76,77)(H,78,79,80)/b13-11+,14-12?,56-54?,57-55?. The number of hydrogen-bond acceptors (Lipinski definition) is 19. The largest absolute Gasteiger partial charge is 0.492 e. The van der Waals surface area contributed by atoms with Gasteiger partial charge in [-0.3, -0.25) is 18.2 Å². The number of nitrogens with zero attached hydrogens (tertiary/aromatic N) is 8. The van der Waals surface area contributed by atoms with E-state index < -0.39 is 89.8 Å². The molecule has 0 radical (unpaired) electrons. The van der Waals surface area contributed by atoms with E-state index in [0.717, 1.165) is 94.3 Å². The van der Waals surface area contributed by atoms with E-state index in [1.807, 2.05) is 0 Å². The maximum atomic E-state index is 13.2. The van der Waals surface area contributed by atoms with Crippen LogP contribution in [0.2, 0.25) is 0 Å². The van der Waals surface area contributed by atoms with Crippen LogP contribution in [0.4, 0.5) is 38.9 Å². The van der Waals surface area contributed by atoms with Crippen LogP contribution in [0.15, 0.2) is 161 Å². The Morgan fingerprint density at radius 2 is 0.762 bits per heavy atom. The Kier molecular flexibility index (Phi) is 16.7. The summed E-state index contributed by atoms with van der Waals surface area (Å²) in [6.07, 6.45) is 4.18. The van der Waals surface area contributed by atoms with Crippen LogP contribution in [-0.2, 0) is 40.5 Å². The molecule has 8 aromatic rings. The van der Waals surface area contributed by atoms with E-state index in [1.54, 1.807) is 0 Å². The maximum absolute atomic E-state index is 13.2. The predicted octanol–water partition coefficient (Wildman–Crippen LogP) is 9.28. The summed E-state index contributed by atoms with van der Waals surface area (Å²) >= 11 is 0. The van der Waals surface area contributed by atoms with Gasteiger partial charge in [-0.1, -0.05) is 72.8 Å². The van der Waals surface area contributed by atoms with Crippen molar-refractivity contribution in [3.8, 4) is 23.1 Å². The first kappa shape index (κ1) is 60.0. The molecule has 29 nitrogen and oxygen atoms in total. The molecule has 0 saturated carbocycles. The molecule has 2 amide bonds. The van der Waals surface area contributed by atoms with Crippen molar-refractivity contribution < 1.29 is 86.7 Å². The van der Waals surface area contributed by atoms with Gasteiger partial charge in [0.05, 0.1) is 33.9 Å². The maximum Gasteiger partial charge on any atom is 0.337 e. The van der Waals surface area contributed by atoms with Gasteiger partial charge in [0.2, 0.25) is 11.8 Å². The lowest BCUT2D eigenvalue weighted by atomic mass is 10.1. The monoisotopic (exact) mass is 1220 g/mol. The molecule has 84 heavy (non-hydrogen) atoms. The molecule has 2 aromatic heterocycles. The number of aryl methyl sites for hydroxylation is 2. The van der Waals surface area contributed by atoms with E-state index in [2.05, 4.69) is 41.3 Å². The second-order valence-electron chi connectivity index (χ2n) is 17.5. The number of amides is 2. The summed E-state index contributed by atoms with van der Waals surface area (Å²) < 4.78 is 144. The Balaban J connectivity index is 1.00. The second-order valence-corrected chi connectivity index (χ2v) is 23.0. The molecule has 0 aliphatic rings. The zero-order valence-electron chi connectivity index (χ0n) is 42.6. The van der Waals surface area contributed by atoms with Gasteiger partial charge in [-0.15, -0.1) is 20.5 Å². The lowest BCUT2D eigenvalue weighted by Gasteiger charge is -2.12. The van der Waals surface area contributed by atoms with Gasteiger partial charge in [-0.05, 0) is 109 Å². The first-order valence-corrected chi connectivity index (χ1v) is 29.1. The van der Waals surface area contributed by atoms with Crippen LogP contribution >= 0.6 is 0 Å².